The zero-order valence-electron chi connectivity index (χ0n) is 21.4. The van der Waals surface area contributed by atoms with Gasteiger partial charge < -0.3 is 9.64 Å². The molecule has 2 heterocycles. The zero-order chi connectivity index (χ0) is 27.6. The number of piperazine rings is 1. The van der Waals surface area contributed by atoms with E-state index in [-0.39, 0.29) is 5.56 Å². The Hall–Kier alpha value is -4.29. The molecule has 0 unspecified atom stereocenters. The fraction of sp³-hybridized carbons (Fsp3) is 0.267. The van der Waals surface area contributed by atoms with Gasteiger partial charge in [-0.1, -0.05) is 30.3 Å². The van der Waals surface area contributed by atoms with Crippen molar-refractivity contribution in [2.45, 2.75) is 12.7 Å². The number of methoxy groups -OCH3 is 1. The zero-order valence-corrected chi connectivity index (χ0v) is 21.4. The van der Waals surface area contributed by atoms with Crippen molar-refractivity contribution in [2.75, 3.05) is 44.7 Å². The van der Waals surface area contributed by atoms with Gasteiger partial charge in [0.25, 0.3) is 5.56 Å². The number of ether oxygens (including phenoxy) is 1. The van der Waals surface area contributed by atoms with E-state index in [4.69, 9.17) is 4.74 Å². The van der Waals surface area contributed by atoms with Gasteiger partial charge in [0.15, 0.2) is 0 Å². The molecule has 3 aromatic carbocycles. The van der Waals surface area contributed by atoms with Gasteiger partial charge in [-0.15, -0.1) is 0 Å². The number of anilines is 1. The summed E-state index contributed by atoms with van der Waals surface area (Å²) < 4.78 is 45.6. The first-order valence-corrected chi connectivity index (χ1v) is 12.6. The maximum atomic E-state index is 13.6. The first-order chi connectivity index (χ1) is 18.8. The average Bonchev–Trinajstić information content (AvgIpc) is 2.96. The molecule has 6 nitrogen and oxygen atoms in total. The van der Waals surface area contributed by atoms with Crippen molar-refractivity contribution in [3.05, 3.63) is 94.4 Å². The Bertz CT molecular complexity index is 1570. The van der Waals surface area contributed by atoms with E-state index in [1.54, 1.807) is 29.9 Å². The van der Waals surface area contributed by atoms with E-state index in [0.717, 1.165) is 23.4 Å². The molecular weight excluding hydrogens is 505 g/mol. The van der Waals surface area contributed by atoms with E-state index in [2.05, 4.69) is 15.9 Å². The SMILES string of the molecule is COc1ccc2c(=O)n(CCN3CCN(c4ccc(C(F)(F)F)cc4)CC3)c(C#N)c(-c3ccccc3)c2c1. The Morgan fingerprint density at radius 2 is 1.59 bits per heavy atom. The number of halogens is 3. The van der Waals surface area contributed by atoms with Crippen LogP contribution in [0.25, 0.3) is 21.9 Å². The van der Waals surface area contributed by atoms with Crippen LogP contribution in [0.5, 0.6) is 5.75 Å². The minimum Gasteiger partial charge on any atom is -0.497 e. The van der Waals surface area contributed by atoms with Crippen molar-refractivity contribution in [3.63, 3.8) is 0 Å². The molecule has 1 aliphatic rings. The molecule has 0 spiro atoms. The molecule has 0 radical (unpaired) electrons. The van der Waals surface area contributed by atoms with Crippen LogP contribution in [0, 0.1) is 11.3 Å². The molecule has 9 heteroatoms. The third-order valence-corrected chi connectivity index (χ3v) is 7.22. The molecule has 4 aromatic rings. The summed E-state index contributed by atoms with van der Waals surface area (Å²) in [5.41, 5.74) is 1.70. The highest BCUT2D eigenvalue weighted by molar-refractivity contribution is 5.99. The summed E-state index contributed by atoms with van der Waals surface area (Å²) in [5.74, 6) is 0.603. The summed E-state index contributed by atoms with van der Waals surface area (Å²) in [5, 5.41) is 11.4. The number of alkyl halides is 3. The van der Waals surface area contributed by atoms with Gasteiger partial charge >= 0.3 is 6.18 Å². The van der Waals surface area contributed by atoms with Crippen LogP contribution in [0.4, 0.5) is 18.9 Å². The second-order valence-corrected chi connectivity index (χ2v) is 9.44. The largest absolute Gasteiger partial charge is 0.497 e. The standard InChI is InChI=1S/C30H27F3N4O2/c1-39-24-11-12-25-26(19-24)28(21-5-3-2-4-6-21)27(20-34)37(29(25)38)18-15-35-13-16-36(17-14-35)23-9-7-22(8-10-23)30(31,32)33/h2-12,19H,13-18H2,1H3. The second-order valence-electron chi connectivity index (χ2n) is 9.44. The van der Waals surface area contributed by atoms with Crippen LogP contribution >= 0.6 is 0 Å². The maximum absolute atomic E-state index is 13.6. The molecule has 0 saturated carbocycles. The first kappa shape index (κ1) is 26.3. The van der Waals surface area contributed by atoms with Gasteiger partial charge in [0.1, 0.15) is 17.5 Å². The van der Waals surface area contributed by atoms with Gasteiger partial charge in [-0.2, -0.15) is 18.4 Å². The smallest absolute Gasteiger partial charge is 0.416 e. The lowest BCUT2D eigenvalue weighted by Gasteiger charge is -2.36. The Morgan fingerprint density at radius 1 is 0.897 bits per heavy atom. The molecule has 0 aliphatic carbocycles. The van der Waals surface area contributed by atoms with Crippen molar-refractivity contribution in [2.24, 2.45) is 0 Å². The number of nitrogens with zero attached hydrogens (tertiary/aromatic N) is 4. The highest BCUT2D eigenvalue weighted by Crippen LogP contribution is 2.33. The molecular formula is C30H27F3N4O2. The highest BCUT2D eigenvalue weighted by Gasteiger charge is 2.30. The second kappa shape index (κ2) is 10.8. The topological polar surface area (TPSA) is 61.5 Å². The number of fused-ring (bicyclic) bond motifs is 1. The molecule has 5 rings (SSSR count). The minimum atomic E-state index is -4.35. The Kier molecular flexibility index (Phi) is 7.31. The third kappa shape index (κ3) is 5.33. The average molecular weight is 533 g/mol. The highest BCUT2D eigenvalue weighted by atomic mass is 19.4. The Morgan fingerprint density at radius 3 is 2.21 bits per heavy atom. The molecule has 1 aliphatic heterocycles. The summed E-state index contributed by atoms with van der Waals surface area (Å²) in [6.45, 7) is 3.58. The summed E-state index contributed by atoms with van der Waals surface area (Å²) >= 11 is 0. The van der Waals surface area contributed by atoms with Gasteiger partial charge in [-0.3, -0.25) is 14.3 Å². The van der Waals surface area contributed by atoms with Crippen LogP contribution in [0.2, 0.25) is 0 Å². The lowest BCUT2D eigenvalue weighted by Crippen LogP contribution is -2.47. The predicted octanol–water partition coefficient (Wildman–Crippen LogP) is 5.39. The van der Waals surface area contributed by atoms with Crippen LogP contribution in [-0.2, 0) is 12.7 Å². The molecule has 0 amide bonds. The van der Waals surface area contributed by atoms with Crippen LogP contribution in [0.1, 0.15) is 11.3 Å². The van der Waals surface area contributed by atoms with Gasteiger partial charge in [0, 0.05) is 61.3 Å². The van der Waals surface area contributed by atoms with Crippen LogP contribution < -0.4 is 15.2 Å². The fourth-order valence-electron chi connectivity index (χ4n) is 5.11. The van der Waals surface area contributed by atoms with E-state index in [1.165, 1.54) is 12.1 Å². The van der Waals surface area contributed by atoms with Crippen molar-refractivity contribution in [1.29, 1.82) is 5.26 Å². The normalized spacial score (nSPS) is 14.4. The molecule has 200 valence electrons. The lowest BCUT2D eigenvalue weighted by molar-refractivity contribution is -0.137. The summed E-state index contributed by atoms with van der Waals surface area (Å²) in [6, 6.07) is 22.3. The number of hydrogen-bond donors (Lipinski definition) is 0. The predicted molar refractivity (Wildman–Crippen MR) is 145 cm³/mol. The van der Waals surface area contributed by atoms with Crippen molar-refractivity contribution in [1.82, 2.24) is 9.47 Å². The Labute approximate surface area is 224 Å². The van der Waals surface area contributed by atoms with Gasteiger partial charge in [-0.05, 0) is 48.0 Å². The van der Waals surface area contributed by atoms with Crippen molar-refractivity contribution in [3.8, 4) is 22.9 Å². The number of aromatic nitrogens is 1. The third-order valence-electron chi connectivity index (χ3n) is 7.22. The molecule has 0 bridgehead atoms. The van der Waals surface area contributed by atoms with Crippen molar-refractivity contribution < 1.29 is 17.9 Å². The minimum absolute atomic E-state index is 0.229. The van der Waals surface area contributed by atoms with E-state index in [0.29, 0.717) is 67.0 Å². The molecule has 1 saturated heterocycles. The monoisotopic (exact) mass is 532 g/mol. The fourth-order valence-corrected chi connectivity index (χ4v) is 5.11. The van der Waals surface area contributed by atoms with E-state index >= 15 is 0 Å². The quantitative estimate of drug-likeness (QED) is 0.333. The molecule has 39 heavy (non-hydrogen) atoms. The molecule has 0 N–H and O–H groups in total. The first-order valence-electron chi connectivity index (χ1n) is 12.6. The van der Waals surface area contributed by atoms with Gasteiger partial charge in [-0.25, -0.2) is 0 Å². The number of pyridine rings is 1. The van der Waals surface area contributed by atoms with Crippen LogP contribution in [-0.4, -0.2) is 49.3 Å². The van der Waals surface area contributed by atoms with Crippen LogP contribution in [0.3, 0.4) is 0 Å². The molecule has 1 aromatic heterocycles. The van der Waals surface area contributed by atoms with Gasteiger partial charge in [0.2, 0.25) is 0 Å². The molecule has 1 fully saturated rings. The number of nitriles is 1. The number of benzene rings is 3. The van der Waals surface area contributed by atoms with Crippen molar-refractivity contribution >= 4 is 16.5 Å². The number of rotatable bonds is 6. The van der Waals surface area contributed by atoms with Gasteiger partial charge in [0.05, 0.1) is 12.7 Å². The maximum Gasteiger partial charge on any atom is 0.416 e. The van der Waals surface area contributed by atoms with E-state index in [9.17, 15) is 23.2 Å². The van der Waals surface area contributed by atoms with E-state index in [1.807, 2.05) is 30.3 Å². The molecule has 0 atom stereocenters. The summed E-state index contributed by atoms with van der Waals surface area (Å²) in [7, 11) is 1.56. The lowest BCUT2D eigenvalue weighted by atomic mass is 9.97. The van der Waals surface area contributed by atoms with Crippen LogP contribution in [0.15, 0.2) is 77.6 Å². The number of hydrogen-bond acceptors (Lipinski definition) is 5. The Balaban J connectivity index is 1.38. The summed E-state index contributed by atoms with van der Waals surface area (Å²) in [6.07, 6.45) is -4.35. The van der Waals surface area contributed by atoms with E-state index < -0.39 is 11.7 Å². The summed E-state index contributed by atoms with van der Waals surface area (Å²) in [4.78, 5) is 17.8.